The van der Waals surface area contributed by atoms with Crippen molar-refractivity contribution in [3.05, 3.63) is 0 Å². The lowest BCUT2D eigenvalue weighted by Gasteiger charge is -2.26. The van der Waals surface area contributed by atoms with Gasteiger partial charge in [0.1, 0.15) is 0 Å². The van der Waals surface area contributed by atoms with E-state index in [-0.39, 0.29) is 11.8 Å². The number of carbonyl (C=O) groups is 1. The summed E-state index contributed by atoms with van der Waals surface area (Å²) in [4.78, 5) is 14.1. The zero-order chi connectivity index (χ0) is 14.4. The van der Waals surface area contributed by atoms with E-state index in [1.807, 2.05) is 0 Å². The fourth-order valence-corrected chi connectivity index (χ4v) is 3.08. The predicted molar refractivity (Wildman–Crippen MR) is 79.4 cm³/mol. The lowest BCUT2D eigenvalue weighted by atomic mass is 9.94. The highest BCUT2D eigenvalue weighted by atomic mass is 16.5. The smallest absolute Gasteiger partial charge is 0.224 e. The summed E-state index contributed by atoms with van der Waals surface area (Å²) in [6.07, 6.45) is 6.60. The molecule has 1 atom stereocenters. The molecule has 0 aromatic rings. The van der Waals surface area contributed by atoms with Gasteiger partial charge in [0.25, 0.3) is 0 Å². The van der Waals surface area contributed by atoms with Crippen LogP contribution in [0.2, 0.25) is 0 Å². The van der Waals surface area contributed by atoms with Crippen molar-refractivity contribution in [3.63, 3.8) is 0 Å². The molecule has 0 aromatic heterocycles. The van der Waals surface area contributed by atoms with Crippen LogP contribution in [-0.4, -0.2) is 56.2 Å². The molecule has 2 aliphatic rings. The molecule has 0 aromatic carbocycles. The molecule has 1 unspecified atom stereocenters. The van der Waals surface area contributed by atoms with Gasteiger partial charge in [-0.25, -0.2) is 0 Å². The van der Waals surface area contributed by atoms with Gasteiger partial charge in [-0.05, 0) is 52.1 Å². The van der Waals surface area contributed by atoms with Crippen LogP contribution in [0.5, 0.6) is 0 Å². The van der Waals surface area contributed by atoms with Crippen molar-refractivity contribution >= 4 is 5.91 Å². The number of likely N-dealkylation sites (tertiary alicyclic amines) is 1. The van der Waals surface area contributed by atoms with Crippen molar-refractivity contribution < 1.29 is 9.53 Å². The van der Waals surface area contributed by atoms with Crippen LogP contribution >= 0.6 is 0 Å². The van der Waals surface area contributed by atoms with E-state index in [0.717, 1.165) is 64.8 Å². The second-order valence-electron chi connectivity index (χ2n) is 6.30. The van der Waals surface area contributed by atoms with Gasteiger partial charge in [0.2, 0.25) is 5.91 Å². The van der Waals surface area contributed by atoms with Gasteiger partial charge in [0.05, 0.1) is 12.0 Å². The molecule has 1 saturated carbocycles. The lowest BCUT2D eigenvalue weighted by molar-refractivity contribution is -0.124. The topological polar surface area (TPSA) is 67.6 Å². The molecule has 0 spiro atoms. The van der Waals surface area contributed by atoms with E-state index >= 15 is 0 Å². The Hall–Kier alpha value is -0.650. The number of ether oxygens (including phenoxy) is 1. The summed E-state index contributed by atoms with van der Waals surface area (Å²) in [7, 11) is 2.07. The van der Waals surface area contributed by atoms with Gasteiger partial charge in [0.15, 0.2) is 0 Å². The molecular formula is C15H29N3O2. The Labute approximate surface area is 122 Å². The average Bonchev–Trinajstić information content (AvgIpc) is 2.87. The summed E-state index contributed by atoms with van der Waals surface area (Å²) in [6, 6.07) is 0.374. The summed E-state index contributed by atoms with van der Waals surface area (Å²) in [5, 5.41) is 3.02. The van der Waals surface area contributed by atoms with Gasteiger partial charge in [-0.15, -0.1) is 0 Å². The number of amides is 1. The Balaban J connectivity index is 1.48. The molecule has 2 rings (SSSR count). The summed E-state index contributed by atoms with van der Waals surface area (Å²) >= 11 is 0. The van der Waals surface area contributed by atoms with Crippen LogP contribution in [0, 0.1) is 5.92 Å². The summed E-state index contributed by atoms with van der Waals surface area (Å²) in [5.41, 5.74) is 5.87. The van der Waals surface area contributed by atoms with E-state index in [1.165, 1.54) is 0 Å². The van der Waals surface area contributed by atoms with Crippen LogP contribution in [0.4, 0.5) is 0 Å². The molecule has 0 radical (unpaired) electrons. The van der Waals surface area contributed by atoms with E-state index in [9.17, 15) is 4.79 Å². The molecule has 1 heterocycles. The molecule has 1 aliphatic carbocycles. The number of nitrogens with two attached hydrogens (primary N) is 1. The molecule has 0 bridgehead atoms. The highest BCUT2D eigenvalue weighted by molar-refractivity contribution is 5.79. The number of nitrogens with zero attached hydrogens (tertiary/aromatic N) is 1. The van der Waals surface area contributed by atoms with Crippen molar-refractivity contribution in [2.24, 2.45) is 11.7 Å². The van der Waals surface area contributed by atoms with Gasteiger partial charge >= 0.3 is 0 Å². The van der Waals surface area contributed by atoms with E-state index in [0.29, 0.717) is 12.1 Å². The standard InChI is InChI=1S/C15H29N3O2/c1-18-9-7-12(11-18)15(19)17-8-2-10-20-14-5-3-13(16)4-6-14/h12-14H,2-11,16H2,1H3,(H,17,19). The average molecular weight is 283 g/mol. The quantitative estimate of drug-likeness (QED) is 0.705. The Morgan fingerprint density at radius 3 is 2.70 bits per heavy atom. The van der Waals surface area contributed by atoms with Crippen molar-refractivity contribution in [1.29, 1.82) is 0 Å². The number of carbonyl (C=O) groups excluding carboxylic acids is 1. The Morgan fingerprint density at radius 2 is 2.05 bits per heavy atom. The largest absolute Gasteiger partial charge is 0.378 e. The van der Waals surface area contributed by atoms with Crippen LogP contribution < -0.4 is 11.1 Å². The lowest BCUT2D eigenvalue weighted by Crippen LogP contribution is -2.34. The van der Waals surface area contributed by atoms with Gasteiger partial charge in [0, 0.05) is 25.7 Å². The third kappa shape index (κ3) is 5.04. The van der Waals surface area contributed by atoms with E-state index in [4.69, 9.17) is 10.5 Å². The van der Waals surface area contributed by atoms with Crippen LogP contribution in [0.25, 0.3) is 0 Å². The SMILES string of the molecule is CN1CCC(C(=O)NCCCOC2CCC(N)CC2)C1. The number of rotatable bonds is 6. The second-order valence-corrected chi connectivity index (χ2v) is 6.30. The highest BCUT2D eigenvalue weighted by Crippen LogP contribution is 2.19. The maximum Gasteiger partial charge on any atom is 0.224 e. The van der Waals surface area contributed by atoms with Gasteiger partial charge in [-0.3, -0.25) is 4.79 Å². The van der Waals surface area contributed by atoms with Crippen LogP contribution in [0.1, 0.15) is 38.5 Å². The van der Waals surface area contributed by atoms with Crippen molar-refractivity contribution in [2.45, 2.75) is 50.7 Å². The molecule has 3 N–H and O–H groups in total. The molecule has 116 valence electrons. The zero-order valence-corrected chi connectivity index (χ0v) is 12.6. The summed E-state index contributed by atoms with van der Waals surface area (Å²) in [5.74, 6) is 0.388. The molecule has 20 heavy (non-hydrogen) atoms. The van der Waals surface area contributed by atoms with E-state index in [1.54, 1.807) is 0 Å². The summed E-state index contributed by atoms with van der Waals surface area (Å²) < 4.78 is 5.84. The van der Waals surface area contributed by atoms with Gasteiger partial charge < -0.3 is 20.7 Å². The molecule has 1 aliphatic heterocycles. The first-order valence-corrected chi connectivity index (χ1v) is 7.98. The maximum atomic E-state index is 11.9. The minimum absolute atomic E-state index is 0.181. The van der Waals surface area contributed by atoms with Crippen molar-refractivity contribution in [2.75, 3.05) is 33.3 Å². The minimum atomic E-state index is 0.181. The van der Waals surface area contributed by atoms with E-state index < -0.39 is 0 Å². The molecule has 1 saturated heterocycles. The first-order valence-electron chi connectivity index (χ1n) is 7.98. The normalized spacial score (nSPS) is 31.4. The number of hydrogen-bond donors (Lipinski definition) is 2. The van der Waals surface area contributed by atoms with Gasteiger partial charge in [-0.1, -0.05) is 0 Å². The van der Waals surface area contributed by atoms with Crippen LogP contribution in [0.15, 0.2) is 0 Å². The van der Waals surface area contributed by atoms with Gasteiger partial charge in [-0.2, -0.15) is 0 Å². The van der Waals surface area contributed by atoms with E-state index in [2.05, 4.69) is 17.3 Å². The fourth-order valence-electron chi connectivity index (χ4n) is 3.08. The summed E-state index contributed by atoms with van der Waals surface area (Å²) in [6.45, 7) is 3.39. The Bertz CT molecular complexity index is 303. The third-order valence-electron chi connectivity index (χ3n) is 4.45. The number of nitrogens with one attached hydrogen (secondary N) is 1. The predicted octanol–water partition coefficient (Wildman–Crippen LogP) is 0.731. The molecule has 1 amide bonds. The fraction of sp³-hybridized carbons (Fsp3) is 0.933. The molecule has 5 nitrogen and oxygen atoms in total. The molecular weight excluding hydrogens is 254 g/mol. The zero-order valence-electron chi connectivity index (χ0n) is 12.6. The van der Waals surface area contributed by atoms with Crippen LogP contribution in [-0.2, 0) is 9.53 Å². The Morgan fingerprint density at radius 1 is 1.30 bits per heavy atom. The third-order valence-corrected chi connectivity index (χ3v) is 4.45. The minimum Gasteiger partial charge on any atom is -0.378 e. The Kier molecular flexibility index (Phi) is 6.26. The molecule has 2 fully saturated rings. The molecule has 5 heteroatoms. The van der Waals surface area contributed by atoms with Crippen molar-refractivity contribution in [1.82, 2.24) is 10.2 Å². The van der Waals surface area contributed by atoms with Crippen molar-refractivity contribution in [3.8, 4) is 0 Å². The number of hydrogen-bond acceptors (Lipinski definition) is 4. The highest BCUT2D eigenvalue weighted by Gasteiger charge is 2.25. The first kappa shape index (κ1) is 15.7. The first-order chi connectivity index (χ1) is 9.65. The monoisotopic (exact) mass is 283 g/mol. The maximum absolute atomic E-state index is 11.9. The van der Waals surface area contributed by atoms with Crippen LogP contribution in [0.3, 0.4) is 0 Å². The second kappa shape index (κ2) is 7.96.